The smallest absolute Gasteiger partial charge is 0.305 e. The van der Waals surface area contributed by atoms with Crippen molar-refractivity contribution in [1.82, 2.24) is 10.6 Å². The van der Waals surface area contributed by atoms with E-state index in [4.69, 9.17) is 9.84 Å². The van der Waals surface area contributed by atoms with Crippen LogP contribution in [0.4, 0.5) is 0 Å². The molecule has 0 saturated heterocycles. The number of rotatable bonds is 14. The van der Waals surface area contributed by atoms with E-state index >= 15 is 0 Å². The lowest BCUT2D eigenvalue weighted by Gasteiger charge is -2.31. The molecular formula is C22H36N2O5. The van der Waals surface area contributed by atoms with E-state index in [-0.39, 0.29) is 43.5 Å². The zero-order chi connectivity index (χ0) is 21.7. The van der Waals surface area contributed by atoms with Crippen LogP contribution in [0.25, 0.3) is 0 Å². The van der Waals surface area contributed by atoms with Gasteiger partial charge in [-0.25, -0.2) is 0 Å². The summed E-state index contributed by atoms with van der Waals surface area (Å²) < 4.78 is 5.45. The van der Waals surface area contributed by atoms with Crippen molar-refractivity contribution < 1.29 is 24.2 Å². The molecule has 1 aliphatic carbocycles. The van der Waals surface area contributed by atoms with Crippen LogP contribution in [0.5, 0.6) is 0 Å². The first-order chi connectivity index (χ1) is 13.9. The molecule has 1 aliphatic rings. The maximum absolute atomic E-state index is 12.9. The van der Waals surface area contributed by atoms with Gasteiger partial charge in [0.1, 0.15) is 6.61 Å². The highest BCUT2D eigenvalue weighted by Gasteiger charge is 2.38. The third kappa shape index (κ3) is 9.26. The highest BCUT2D eigenvalue weighted by molar-refractivity contribution is 5.86. The van der Waals surface area contributed by atoms with Crippen LogP contribution in [0.2, 0.25) is 0 Å². The Hall–Kier alpha value is -2.15. The van der Waals surface area contributed by atoms with E-state index in [1.165, 1.54) is 0 Å². The second-order valence-corrected chi connectivity index (χ2v) is 7.89. The van der Waals surface area contributed by atoms with Gasteiger partial charge in [0, 0.05) is 18.9 Å². The maximum Gasteiger partial charge on any atom is 0.305 e. The van der Waals surface area contributed by atoms with Crippen LogP contribution in [-0.2, 0) is 19.1 Å². The van der Waals surface area contributed by atoms with Crippen LogP contribution in [0.1, 0.15) is 64.7 Å². The number of aliphatic hydroxyl groups is 1. The summed E-state index contributed by atoms with van der Waals surface area (Å²) in [5.74, 6) is -1.35. The van der Waals surface area contributed by atoms with Gasteiger partial charge in [0.15, 0.2) is 0 Å². The first-order valence-electron chi connectivity index (χ1n) is 10.5. The fourth-order valence-corrected chi connectivity index (χ4v) is 3.49. The van der Waals surface area contributed by atoms with E-state index in [0.717, 1.165) is 32.1 Å². The summed E-state index contributed by atoms with van der Waals surface area (Å²) in [5.41, 5.74) is -0.570. The molecule has 0 aromatic carbocycles. The molecule has 7 nitrogen and oxygen atoms in total. The average Bonchev–Trinajstić information content (AvgIpc) is 3.14. The molecule has 2 amide bonds. The van der Waals surface area contributed by atoms with Crippen LogP contribution >= 0.6 is 0 Å². The standard InChI is InChI=1S/C22H36N2O5/c1-4-6-7-11-20(27)29-16-22(12-8-9-13-22)24-21(28)18(10-5-2)14-19(26)23-17(3)15-25/h4-5,17-18,25H,1-2,6-16H2,3H3,(H,23,26)(H,24,28). The highest BCUT2D eigenvalue weighted by Crippen LogP contribution is 2.31. The number of aliphatic hydroxyl groups excluding tert-OH is 1. The van der Waals surface area contributed by atoms with Crippen LogP contribution in [0, 0.1) is 5.92 Å². The fourth-order valence-electron chi connectivity index (χ4n) is 3.49. The molecule has 1 fully saturated rings. The predicted octanol–water partition coefficient (Wildman–Crippen LogP) is 2.39. The molecule has 0 radical (unpaired) electrons. The van der Waals surface area contributed by atoms with Crippen LogP contribution in [0.15, 0.2) is 25.3 Å². The normalized spacial score (nSPS) is 17.0. The lowest BCUT2D eigenvalue weighted by Crippen LogP contribution is -2.52. The van der Waals surface area contributed by atoms with Gasteiger partial charge in [-0.3, -0.25) is 14.4 Å². The van der Waals surface area contributed by atoms with Crippen molar-refractivity contribution in [1.29, 1.82) is 0 Å². The first-order valence-corrected chi connectivity index (χ1v) is 10.5. The minimum Gasteiger partial charge on any atom is -0.463 e. The number of hydrogen-bond donors (Lipinski definition) is 3. The Morgan fingerprint density at radius 3 is 2.48 bits per heavy atom. The molecule has 0 aromatic heterocycles. The molecule has 2 unspecified atom stereocenters. The van der Waals surface area contributed by atoms with Gasteiger partial charge in [-0.1, -0.05) is 25.0 Å². The lowest BCUT2D eigenvalue weighted by molar-refractivity contribution is -0.147. The molecule has 0 aliphatic heterocycles. The molecule has 3 N–H and O–H groups in total. The predicted molar refractivity (Wildman–Crippen MR) is 112 cm³/mol. The number of carbonyl (C=O) groups excluding carboxylic acids is 3. The van der Waals surface area contributed by atoms with Crippen molar-refractivity contribution in [3.05, 3.63) is 25.3 Å². The Morgan fingerprint density at radius 1 is 1.21 bits per heavy atom. The summed E-state index contributed by atoms with van der Waals surface area (Å²) in [6.45, 7) is 9.00. The Kier molecular flexibility index (Phi) is 11.3. The van der Waals surface area contributed by atoms with Gasteiger partial charge in [0.2, 0.25) is 11.8 Å². The van der Waals surface area contributed by atoms with Crippen LogP contribution < -0.4 is 10.6 Å². The Balaban J connectivity index is 2.67. The van der Waals surface area contributed by atoms with Crippen molar-refractivity contribution in [2.24, 2.45) is 5.92 Å². The topological polar surface area (TPSA) is 105 Å². The zero-order valence-electron chi connectivity index (χ0n) is 17.6. The summed E-state index contributed by atoms with van der Waals surface area (Å²) in [6, 6.07) is -0.364. The number of hydrogen-bond acceptors (Lipinski definition) is 5. The van der Waals surface area contributed by atoms with E-state index in [1.54, 1.807) is 19.1 Å². The number of unbranched alkanes of at least 4 members (excludes halogenated alkanes) is 1. The SMILES string of the molecule is C=CCCCC(=O)OCC1(NC(=O)C(CC=C)CC(=O)NC(C)CO)CCCC1. The number of amides is 2. The Labute approximate surface area is 174 Å². The van der Waals surface area contributed by atoms with Gasteiger partial charge < -0.3 is 20.5 Å². The third-order valence-corrected chi connectivity index (χ3v) is 5.18. The summed E-state index contributed by atoms with van der Waals surface area (Å²) in [5, 5.41) is 14.8. The first kappa shape index (κ1) is 24.9. The number of carbonyl (C=O) groups is 3. The number of allylic oxidation sites excluding steroid dienone is 2. The summed E-state index contributed by atoms with van der Waals surface area (Å²) in [6.07, 6.45) is 8.95. The average molecular weight is 409 g/mol. The van der Waals surface area contributed by atoms with Crippen molar-refractivity contribution in [2.75, 3.05) is 13.2 Å². The molecular weight excluding hydrogens is 372 g/mol. The summed E-state index contributed by atoms with van der Waals surface area (Å²) in [7, 11) is 0. The van der Waals surface area contributed by atoms with Gasteiger partial charge in [0.25, 0.3) is 0 Å². The summed E-state index contributed by atoms with van der Waals surface area (Å²) in [4.78, 5) is 37.0. The minimum absolute atomic E-state index is 0.0135. The second kappa shape index (κ2) is 13.1. The summed E-state index contributed by atoms with van der Waals surface area (Å²) >= 11 is 0. The van der Waals surface area contributed by atoms with Crippen molar-refractivity contribution >= 4 is 17.8 Å². The molecule has 1 rings (SSSR count). The lowest BCUT2D eigenvalue weighted by atomic mass is 9.94. The minimum atomic E-state index is -0.570. The molecule has 29 heavy (non-hydrogen) atoms. The van der Waals surface area contributed by atoms with Gasteiger partial charge in [-0.05, 0) is 39.0 Å². The van der Waals surface area contributed by atoms with Crippen molar-refractivity contribution in [2.45, 2.75) is 76.3 Å². The highest BCUT2D eigenvalue weighted by atomic mass is 16.5. The van der Waals surface area contributed by atoms with E-state index in [9.17, 15) is 14.4 Å². The van der Waals surface area contributed by atoms with E-state index in [2.05, 4.69) is 23.8 Å². The van der Waals surface area contributed by atoms with Gasteiger partial charge >= 0.3 is 5.97 Å². The van der Waals surface area contributed by atoms with Gasteiger partial charge in [-0.15, -0.1) is 13.2 Å². The Bertz CT molecular complexity index is 570. The van der Waals surface area contributed by atoms with Gasteiger partial charge in [-0.2, -0.15) is 0 Å². The number of ether oxygens (including phenoxy) is 1. The molecule has 0 heterocycles. The molecule has 0 spiro atoms. The zero-order valence-corrected chi connectivity index (χ0v) is 17.6. The molecule has 1 saturated carbocycles. The maximum atomic E-state index is 12.9. The molecule has 7 heteroatoms. The van der Waals surface area contributed by atoms with Crippen LogP contribution in [-0.4, -0.2) is 47.7 Å². The molecule has 2 atom stereocenters. The van der Waals surface area contributed by atoms with Crippen LogP contribution in [0.3, 0.4) is 0 Å². The van der Waals surface area contributed by atoms with Crippen molar-refractivity contribution in [3.8, 4) is 0 Å². The van der Waals surface area contributed by atoms with E-state index in [1.807, 2.05) is 0 Å². The largest absolute Gasteiger partial charge is 0.463 e. The van der Waals surface area contributed by atoms with Crippen molar-refractivity contribution in [3.63, 3.8) is 0 Å². The quantitative estimate of drug-likeness (QED) is 0.233. The molecule has 0 bridgehead atoms. The van der Waals surface area contributed by atoms with E-state index in [0.29, 0.717) is 19.3 Å². The van der Waals surface area contributed by atoms with E-state index < -0.39 is 11.5 Å². The fraction of sp³-hybridized carbons (Fsp3) is 0.682. The second-order valence-electron chi connectivity index (χ2n) is 7.89. The molecule has 164 valence electrons. The number of nitrogens with one attached hydrogen (secondary N) is 2. The monoisotopic (exact) mass is 408 g/mol. The molecule has 0 aromatic rings. The Morgan fingerprint density at radius 2 is 1.90 bits per heavy atom. The van der Waals surface area contributed by atoms with Gasteiger partial charge in [0.05, 0.1) is 18.1 Å². The third-order valence-electron chi connectivity index (χ3n) is 5.18. The number of esters is 1.